The molecule has 0 spiro atoms. The van der Waals surface area contributed by atoms with Crippen LogP contribution in [-0.2, 0) is 0 Å². The topological polar surface area (TPSA) is 33.1 Å². The maximum Gasteiger partial charge on any atom is 0.0987 e. The van der Waals surface area contributed by atoms with E-state index >= 15 is 0 Å². The fourth-order valence-corrected chi connectivity index (χ4v) is 2.37. The molecule has 0 aromatic carbocycles. The molecule has 1 aromatic rings. The molecule has 1 unspecified atom stereocenters. The van der Waals surface area contributed by atoms with Crippen LogP contribution in [0.3, 0.4) is 0 Å². The molecule has 0 saturated heterocycles. The van der Waals surface area contributed by atoms with Crippen molar-refractivity contribution in [2.75, 3.05) is 0 Å². The lowest BCUT2D eigenvalue weighted by molar-refractivity contribution is 0.0811. The van der Waals surface area contributed by atoms with Crippen molar-refractivity contribution in [3.63, 3.8) is 0 Å². The van der Waals surface area contributed by atoms with Crippen LogP contribution >= 0.6 is 11.6 Å². The minimum Gasteiger partial charge on any atom is -0.387 e. The molecule has 1 heterocycles. The molecule has 1 atom stereocenters. The van der Waals surface area contributed by atoms with Gasteiger partial charge in [-0.15, -0.1) is 0 Å². The first-order chi connectivity index (χ1) is 7.27. The maximum absolute atomic E-state index is 10.1. The lowest BCUT2D eigenvalue weighted by atomic mass is 9.84. The molecule has 82 valence electrons. The third-order valence-corrected chi connectivity index (χ3v) is 3.37. The van der Waals surface area contributed by atoms with Crippen molar-refractivity contribution in [3.05, 3.63) is 29.0 Å². The van der Waals surface area contributed by atoms with Crippen LogP contribution in [0.1, 0.15) is 43.9 Å². The smallest absolute Gasteiger partial charge is 0.0987 e. The summed E-state index contributed by atoms with van der Waals surface area (Å²) in [5.41, 5.74) is 0.756. The normalized spacial score (nSPS) is 20.1. The number of aromatic nitrogens is 1. The molecule has 2 nitrogen and oxygen atoms in total. The van der Waals surface area contributed by atoms with Gasteiger partial charge in [0.25, 0.3) is 0 Å². The van der Waals surface area contributed by atoms with Gasteiger partial charge in [-0.1, -0.05) is 30.9 Å². The second-order valence-corrected chi connectivity index (χ2v) is 4.68. The lowest BCUT2D eigenvalue weighted by Gasteiger charge is -2.26. The van der Waals surface area contributed by atoms with Crippen LogP contribution in [-0.4, -0.2) is 10.1 Å². The van der Waals surface area contributed by atoms with Crippen LogP contribution in [0, 0.1) is 5.92 Å². The molecule has 2 rings (SSSR count). The molecule has 1 aliphatic rings. The number of aliphatic hydroxyl groups excluding tert-OH is 1. The maximum atomic E-state index is 10.1. The van der Waals surface area contributed by atoms with Gasteiger partial charge in [-0.2, -0.15) is 0 Å². The molecule has 0 amide bonds. The van der Waals surface area contributed by atoms with E-state index in [1.807, 2.05) is 6.07 Å². The van der Waals surface area contributed by atoms with E-state index in [0.717, 1.165) is 18.5 Å². The Labute approximate surface area is 95.3 Å². The highest BCUT2D eigenvalue weighted by atomic mass is 35.5. The predicted octanol–water partition coefficient (Wildman–Crippen LogP) is 3.35. The van der Waals surface area contributed by atoms with Gasteiger partial charge >= 0.3 is 0 Å². The summed E-state index contributed by atoms with van der Waals surface area (Å²) >= 11 is 5.76. The molecule has 3 heteroatoms. The van der Waals surface area contributed by atoms with Crippen LogP contribution in [0.25, 0.3) is 0 Å². The number of hydrogen-bond acceptors (Lipinski definition) is 2. The Morgan fingerprint density at radius 2 is 2.00 bits per heavy atom. The molecule has 0 aliphatic heterocycles. The Morgan fingerprint density at radius 3 is 2.60 bits per heavy atom. The van der Waals surface area contributed by atoms with Crippen LogP contribution in [0.4, 0.5) is 0 Å². The van der Waals surface area contributed by atoms with E-state index in [0.29, 0.717) is 10.9 Å². The van der Waals surface area contributed by atoms with Crippen LogP contribution in [0.15, 0.2) is 18.3 Å². The van der Waals surface area contributed by atoms with E-state index in [1.165, 1.54) is 19.3 Å². The van der Waals surface area contributed by atoms with Gasteiger partial charge < -0.3 is 5.11 Å². The highest BCUT2D eigenvalue weighted by Crippen LogP contribution is 2.33. The fourth-order valence-electron chi connectivity index (χ4n) is 2.25. The lowest BCUT2D eigenvalue weighted by Crippen LogP contribution is -2.16. The van der Waals surface area contributed by atoms with Crippen molar-refractivity contribution in [1.29, 1.82) is 0 Å². The van der Waals surface area contributed by atoms with E-state index in [4.69, 9.17) is 11.6 Å². The third-order valence-electron chi connectivity index (χ3n) is 3.15. The quantitative estimate of drug-likeness (QED) is 0.838. The number of hydrogen-bond donors (Lipinski definition) is 1. The number of halogens is 1. The average Bonchev–Trinajstić information content (AvgIpc) is 2.30. The fraction of sp³-hybridized carbons (Fsp3) is 0.583. The summed E-state index contributed by atoms with van der Waals surface area (Å²) in [5, 5.41) is 10.8. The molecule has 0 radical (unpaired) electrons. The Balaban J connectivity index is 2.05. The van der Waals surface area contributed by atoms with E-state index in [2.05, 4.69) is 4.98 Å². The Bertz CT molecular complexity index is 306. The zero-order chi connectivity index (χ0) is 10.7. The molecule has 1 N–H and O–H groups in total. The molecule has 1 aromatic heterocycles. The predicted molar refractivity (Wildman–Crippen MR) is 60.8 cm³/mol. The summed E-state index contributed by atoms with van der Waals surface area (Å²) in [5.74, 6) is 0.382. The zero-order valence-corrected chi connectivity index (χ0v) is 9.45. The molecule has 1 aliphatic carbocycles. The van der Waals surface area contributed by atoms with Crippen molar-refractivity contribution in [2.45, 2.75) is 38.2 Å². The van der Waals surface area contributed by atoms with Crippen LogP contribution in [0.5, 0.6) is 0 Å². The van der Waals surface area contributed by atoms with Gasteiger partial charge in [0.1, 0.15) is 0 Å². The Kier molecular flexibility index (Phi) is 3.60. The van der Waals surface area contributed by atoms with E-state index in [1.54, 1.807) is 12.3 Å². The second kappa shape index (κ2) is 4.95. The highest BCUT2D eigenvalue weighted by molar-refractivity contribution is 6.30. The molecular formula is C12H16ClNO. The van der Waals surface area contributed by atoms with E-state index in [9.17, 15) is 5.11 Å². The average molecular weight is 226 g/mol. The molecule has 1 saturated carbocycles. The first kappa shape index (κ1) is 10.9. The second-order valence-electron chi connectivity index (χ2n) is 4.24. The molecule has 15 heavy (non-hydrogen) atoms. The molecule has 1 fully saturated rings. The highest BCUT2D eigenvalue weighted by Gasteiger charge is 2.23. The van der Waals surface area contributed by atoms with Gasteiger partial charge in [0.2, 0.25) is 0 Å². The van der Waals surface area contributed by atoms with Crippen LogP contribution < -0.4 is 0 Å². The summed E-state index contributed by atoms with van der Waals surface area (Å²) in [4.78, 5) is 4.17. The van der Waals surface area contributed by atoms with Gasteiger partial charge in [-0.25, -0.2) is 0 Å². The Hall–Kier alpha value is -0.600. The van der Waals surface area contributed by atoms with Gasteiger partial charge in [0, 0.05) is 6.20 Å². The van der Waals surface area contributed by atoms with Crippen molar-refractivity contribution in [3.8, 4) is 0 Å². The zero-order valence-electron chi connectivity index (χ0n) is 8.69. The summed E-state index contributed by atoms with van der Waals surface area (Å²) < 4.78 is 0. The van der Waals surface area contributed by atoms with Gasteiger partial charge in [0.05, 0.1) is 16.8 Å². The van der Waals surface area contributed by atoms with Crippen molar-refractivity contribution < 1.29 is 5.11 Å². The number of pyridine rings is 1. The number of aliphatic hydroxyl groups is 1. The van der Waals surface area contributed by atoms with E-state index in [-0.39, 0.29) is 0 Å². The summed E-state index contributed by atoms with van der Waals surface area (Å²) in [6.45, 7) is 0. The third kappa shape index (κ3) is 2.70. The summed E-state index contributed by atoms with van der Waals surface area (Å²) in [7, 11) is 0. The standard InChI is InChI=1S/C12H16ClNO/c13-10-6-7-11(14-8-10)12(15)9-4-2-1-3-5-9/h6-9,12,15H,1-5H2. The van der Waals surface area contributed by atoms with Gasteiger partial charge in [0.15, 0.2) is 0 Å². The Morgan fingerprint density at radius 1 is 1.27 bits per heavy atom. The van der Waals surface area contributed by atoms with Gasteiger partial charge in [-0.05, 0) is 30.9 Å². The first-order valence-corrected chi connectivity index (χ1v) is 5.94. The monoisotopic (exact) mass is 225 g/mol. The van der Waals surface area contributed by atoms with Crippen LogP contribution in [0.2, 0.25) is 5.02 Å². The van der Waals surface area contributed by atoms with Crippen molar-refractivity contribution in [1.82, 2.24) is 4.98 Å². The minimum atomic E-state index is -0.414. The molecular weight excluding hydrogens is 210 g/mol. The van der Waals surface area contributed by atoms with Crippen molar-refractivity contribution in [2.24, 2.45) is 5.92 Å². The largest absolute Gasteiger partial charge is 0.387 e. The number of rotatable bonds is 2. The van der Waals surface area contributed by atoms with Gasteiger partial charge in [-0.3, -0.25) is 4.98 Å². The summed E-state index contributed by atoms with van der Waals surface area (Å²) in [6.07, 6.45) is 7.18. The molecule has 0 bridgehead atoms. The number of nitrogens with zero attached hydrogens (tertiary/aromatic N) is 1. The minimum absolute atomic E-state index is 0.382. The SMILES string of the molecule is OC(c1ccc(Cl)cn1)C1CCCCC1. The first-order valence-electron chi connectivity index (χ1n) is 5.57. The van der Waals surface area contributed by atoms with Crippen molar-refractivity contribution >= 4 is 11.6 Å². The summed E-state index contributed by atoms with van der Waals surface area (Å²) in [6, 6.07) is 3.61. The van der Waals surface area contributed by atoms with E-state index < -0.39 is 6.10 Å².